The fraction of sp³-hybridized carbons (Fsp3) is 0.933. The van der Waals surface area contributed by atoms with E-state index in [1.807, 2.05) is 4.90 Å². The lowest BCUT2D eigenvalue weighted by Gasteiger charge is -2.32. The number of piperazine rings is 1. The Kier molecular flexibility index (Phi) is 9.73. The highest BCUT2D eigenvalue weighted by Gasteiger charge is 2.29. The predicted molar refractivity (Wildman–Crippen MR) is 95.8 cm³/mol. The number of carbonyl (C=O) groups is 1. The molecule has 1 N–H and O–H groups in total. The summed E-state index contributed by atoms with van der Waals surface area (Å²) in [6.45, 7) is 10.7. The molecule has 23 heavy (non-hydrogen) atoms. The zero-order chi connectivity index (χ0) is 14.5. The molecule has 1 amide bonds. The van der Waals surface area contributed by atoms with Crippen molar-refractivity contribution in [2.75, 3.05) is 72.1 Å². The predicted octanol–water partition coefficient (Wildman–Crippen LogP) is 0.0584. The molecule has 1 unspecified atom stereocenters. The molecule has 6 nitrogen and oxygen atoms in total. The van der Waals surface area contributed by atoms with Crippen LogP contribution in [-0.2, 0) is 9.53 Å². The number of likely N-dealkylation sites (tertiary alicyclic amines) is 1. The summed E-state index contributed by atoms with van der Waals surface area (Å²) < 4.78 is 5.42. The highest BCUT2D eigenvalue weighted by Crippen LogP contribution is 2.17. The Morgan fingerprint density at radius 2 is 1.74 bits per heavy atom. The first-order chi connectivity index (χ1) is 10.3. The third-order valence-electron chi connectivity index (χ3n) is 4.92. The van der Waals surface area contributed by atoms with Crippen molar-refractivity contribution < 1.29 is 9.53 Å². The number of nitrogens with zero attached hydrogens (tertiary/aromatic N) is 3. The number of halogens is 2. The average molecular weight is 369 g/mol. The monoisotopic (exact) mass is 368 g/mol. The molecular formula is C15H30Cl2N4O2. The molecule has 0 saturated carbocycles. The van der Waals surface area contributed by atoms with Crippen LogP contribution in [0.25, 0.3) is 0 Å². The van der Waals surface area contributed by atoms with Gasteiger partial charge in [-0.15, -0.1) is 24.8 Å². The maximum absolute atomic E-state index is 12.2. The first kappa shape index (κ1) is 20.9. The fourth-order valence-corrected chi connectivity index (χ4v) is 3.58. The molecule has 0 spiro atoms. The molecule has 3 saturated heterocycles. The fourth-order valence-electron chi connectivity index (χ4n) is 3.58. The van der Waals surface area contributed by atoms with Gasteiger partial charge in [-0.3, -0.25) is 9.69 Å². The van der Waals surface area contributed by atoms with Crippen LogP contribution in [0.5, 0.6) is 0 Å². The molecular weight excluding hydrogens is 339 g/mol. The Labute approximate surface area is 151 Å². The van der Waals surface area contributed by atoms with Gasteiger partial charge in [0.05, 0.1) is 13.2 Å². The Bertz CT molecular complexity index is 350. The highest BCUT2D eigenvalue weighted by atomic mass is 35.5. The molecule has 3 fully saturated rings. The van der Waals surface area contributed by atoms with Gasteiger partial charge in [0.15, 0.2) is 0 Å². The minimum absolute atomic E-state index is 0. The third-order valence-corrected chi connectivity index (χ3v) is 4.92. The van der Waals surface area contributed by atoms with Crippen LogP contribution in [0.3, 0.4) is 0 Å². The molecule has 0 bridgehead atoms. The van der Waals surface area contributed by atoms with E-state index in [0.717, 1.165) is 72.1 Å². The summed E-state index contributed by atoms with van der Waals surface area (Å²) >= 11 is 0. The van der Waals surface area contributed by atoms with Crippen molar-refractivity contribution in [3.8, 4) is 0 Å². The molecule has 8 heteroatoms. The van der Waals surface area contributed by atoms with Crippen LogP contribution < -0.4 is 5.32 Å². The van der Waals surface area contributed by atoms with Crippen molar-refractivity contribution in [3.05, 3.63) is 0 Å². The second-order valence-electron chi connectivity index (χ2n) is 6.27. The summed E-state index contributed by atoms with van der Waals surface area (Å²) in [5, 5.41) is 3.29. The summed E-state index contributed by atoms with van der Waals surface area (Å²) in [5.74, 6) is 0.325. The summed E-state index contributed by atoms with van der Waals surface area (Å²) in [4.78, 5) is 19.2. The SMILES string of the molecule is Cl.Cl.O=C(CCN1CCC(N2CCOCC2)C1)N1CCNCC1. The van der Waals surface area contributed by atoms with Gasteiger partial charge in [-0.05, 0) is 13.0 Å². The van der Waals surface area contributed by atoms with Crippen molar-refractivity contribution in [2.24, 2.45) is 0 Å². The Morgan fingerprint density at radius 1 is 1.04 bits per heavy atom. The molecule has 1 atom stereocenters. The Balaban J connectivity index is 0.00000132. The van der Waals surface area contributed by atoms with E-state index in [9.17, 15) is 4.79 Å². The number of hydrogen-bond acceptors (Lipinski definition) is 5. The van der Waals surface area contributed by atoms with Gasteiger partial charge >= 0.3 is 0 Å². The van der Waals surface area contributed by atoms with E-state index in [4.69, 9.17) is 4.74 Å². The second kappa shape index (κ2) is 10.7. The van der Waals surface area contributed by atoms with Gasteiger partial charge in [-0.1, -0.05) is 0 Å². The largest absolute Gasteiger partial charge is 0.379 e. The van der Waals surface area contributed by atoms with Crippen LogP contribution in [-0.4, -0.2) is 98.8 Å². The summed E-state index contributed by atoms with van der Waals surface area (Å²) in [5.41, 5.74) is 0. The Morgan fingerprint density at radius 3 is 2.43 bits per heavy atom. The third kappa shape index (κ3) is 6.03. The van der Waals surface area contributed by atoms with Crippen molar-refractivity contribution in [2.45, 2.75) is 18.9 Å². The van der Waals surface area contributed by atoms with Gasteiger partial charge in [0, 0.05) is 64.8 Å². The van der Waals surface area contributed by atoms with Crippen LogP contribution in [0.1, 0.15) is 12.8 Å². The second-order valence-corrected chi connectivity index (χ2v) is 6.27. The lowest BCUT2D eigenvalue weighted by Crippen LogP contribution is -2.47. The summed E-state index contributed by atoms with van der Waals surface area (Å²) in [7, 11) is 0. The molecule has 0 aromatic rings. The van der Waals surface area contributed by atoms with E-state index in [2.05, 4.69) is 15.1 Å². The molecule has 0 radical (unpaired) electrons. The van der Waals surface area contributed by atoms with E-state index in [1.165, 1.54) is 6.42 Å². The lowest BCUT2D eigenvalue weighted by atomic mass is 10.2. The number of amides is 1. The van der Waals surface area contributed by atoms with Crippen LogP contribution in [0.15, 0.2) is 0 Å². The van der Waals surface area contributed by atoms with Gasteiger partial charge in [0.2, 0.25) is 5.91 Å². The normalized spacial score (nSPS) is 26.4. The minimum atomic E-state index is 0. The molecule has 3 heterocycles. The number of carbonyl (C=O) groups excluding carboxylic acids is 1. The van der Waals surface area contributed by atoms with Crippen LogP contribution in [0.2, 0.25) is 0 Å². The molecule has 0 aromatic heterocycles. The van der Waals surface area contributed by atoms with Crippen molar-refractivity contribution in [1.29, 1.82) is 0 Å². The highest BCUT2D eigenvalue weighted by molar-refractivity contribution is 5.85. The first-order valence-corrected chi connectivity index (χ1v) is 8.35. The van der Waals surface area contributed by atoms with Crippen LogP contribution in [0, 0.1) is 0 Å². The maximum Gasteiger partial charge on any atom is 0.223 e. The smallest absolute Gasteiger partial charge is 0.223 e. The van der Waals surface area contributed by atoms with Crippen molar-refractivity contribution >= 4 is 30.7 Å². The van der Waals surface area contributed by atoms with Gasteiger partial charge in [0.25, 0.3) is 0 Å². The minimum Gasteiger partial charge on any atom is -0.379 e. The zero-order valence-corrected chi connectivity index (χ0v) is 15.4. The number of ether oxygens (including phenoxy) is 1. The Hall–Kier alpha value is -0.110. The average Bonchev–Trinajstić information content (AvgIpc) is 3.03. The van der Waals surface area contributed by atoms with Gasteiger partial charge < -0.3 is 19.9 Å². The molecule has 3 aliphatic rings. The van der Waals surface area contributed by atoms with E-state index >= 15 is 0 Å². The van der Waals surface area contributed by atoms with Crippen LogP contribution >= 0.6 is 24.8 Å². The quantitative estimate of drug-likeness (QED) is 0.760. The lowest BCUT2D eigenvalue weighted by molar-refractivity contribution is -0.132. The zero-order valence-electron chi connectivity index (χ0n) is 13.7. The number of rotatable bonds is 4. The summed E-state index contributed by atoms with van der Waals surface area (Å²) in [6.07, 6.45) is 1.91. The van der Waals surface area contributed by atoms with Gasteiger partial charge in [-0.2, -0.15) is 0 Å². The summed E-state index contributed by atoms with van der Waals surface area (Å²) in [6, 6.07) is 0.670. The molecule has 0 aromatic carbocycles. The van der Waals surface area contributed by atoms with Crippen LogP contribution in [0.4, 0.5) is 0 Å². The molecule has 0 aliphatic carbocycles. The number of morpholine rings is 1. The number of nitrogens with one attached hydrogen (secondary N) is 1. The number of hydrogen-bond donors (Lipinski definition) is 1. The molecule has 136 valence electrons. The van der Waals surface area contributed by atoms with Gasteiger partial charge in [0.1, 0.15) is 0 Å². The van der Waals surface area contributed by atoms with Crippen molar-refractivity contribution in [3.63, 3.8) is 0 Å². The molecule has 3 rings (SSSR count). The maximum atomic E-state index is 12.2. The molecule has 3 aliphatic heterocycles. The van der Waals surface area contributed by atoms with E-state index in [0.29, 0.717) is 18.4 Å². The first-order valence-electron chi connectivity index (χ1n) is 8.35. The topological polar surface area (TPSA) is 48.1 Å². The van der Waals surface area contributed by atoms with Crippen molar-refractivity contribution in [1.82, 2.24) is 20.0 Å². The van der Waals surface area contributed by atoms with E-state index < -0.39 is 0 Å². The van der Waals surface area contributed by atoms with Gasteiger partial charge in [-0.25, -0.2) is 0 Å². The standard InChI is InChI=1S/C15H28N4O2.2ClH/c20-15(19-7-3-16-4-8-19)2-6-17-5-1-14(13-17)18-9-11-21-12-10-18;;/h14,16H,1-13H2;2*1H. The van der Waals surface area contributed by atoms with E-state index in [-0.39, 0.29) is 24.8 Å². The van der Waals surface area contributed by atoms with E-state index in [1.54, 1.807) is 0 Å².